The van der Waals surface area contributed by atoms with Gasteiger partial charge in [0, 0.05) is 25.5 Å². The molecule has 1 aromatic rings. The number of nitrogens with zero attached hydrogens (tertiary/aromatic N) is 3. The summed E-state index contributed by atoms with van der Waals surface area (Å²) in [5.74, 6) is 1.03. The molecule has 1 aromatic heterocycles. The van der Waals surface area contributed by atoms with Crippen molar-refractivity contribution in [3.63, 3.8) is 0 Å². The van der Waals surface area contributed by atoms with E-state index in [-0.39, 0.29) is 0 Å². The van der Waals surface area contributed by atoms with Crippen molar-refractivity contribution in [2.24, 2.45) is 0 Å². The lowest BCUT2D eigenvalue weighted by atomic mass is 10.1. The molecular formula is C11H15N3. The van der Waals surface area contributed by atoms with E-state index in [2.05, 4.69) is 21.4 Å². The van der Waals surface area contributed by atoms with Crippen LogP contribution >= 0.6 is 0 Å². The monoisotopic (exact) mass is 189 g/mol. The van der Waals surface area contributed by atoms with Crippen LogP contribution in [0.4, 0.5) is 5.82 Å². The molecule has 1 fully saturated rings. The molecule has 3 nitrogen and oxygen atoms in total. The summed E-state index contributed by atoms with van der Waals surface area (Å²) < 4.78 is 0. The van der Waals surface area contributed by atoms with Crippen molar-refractivity contribution in [1.82, 2.24) is 9.97 Å². The molecule has 14 heavy (non-hydrogen) atoms. The lowest BCUT2D eigenvalue weighted by molar-refractivity contribution is 0.675. The van der Waals surface area contributed by atoms with E-state index in [0.717, 1.165) is 37.4 Å². The van der Waals surface area contributed by atoms with Crippen LogP contribution in [0.5, 0.6) is 0 Å². The van der Waals surface area contributed by atoms with E-state index in [1.54, 1.807) is 12.4 Å². The first-order valence-electron chi connectivity index (χ1n) is 4.96. The number of aromatic nitrogens is 2. The maximum Gasteiger partial charge on any atom is 0.150 e. The third-order valence-corrected chi connectivity index (χ3v) is 2.63. The van der Waals surface area contributed by atoms with E-state index in [4.69, 9.17) is 0 Å². The Hall–Kier alpha value is -1.38. The fourth-order valence-corrected chi connectivity index (χ4v) is 1.75. The van der Waals surface area contributed by atoms with Gasteiger partial charge >= 0.3 is 0 Å². The van der Waals surface area contributed by atoms with Crippen molar-refractivity contribution >= 4 is 5.82 Å². The summed E-state index contributed by atoms with van der Waals surface area (Å²) >= 11 is 0. The van der Waals surface area contributed by atoms with Crippen LogP contribution in [0.2, 0.25) is 0 Å². The lowest BCUT2D eigenvalue weighted by Gasteiger charge is -2.29. The predicted molar refractivity (Wildman–Crippen MR) is 57.4 cm³/mol. The van der Waals surface area contributed by atoms with Crippen molar-refractivity contribution in [2.75, 3.05) is 18.0 Å². The van der Waals surface area contributed by atoms with Gasteiger partial charge in [0.1, 0.15) is 5.82 Å². The highest BCUT2D eigenvalue weighted by Gasteiger charge is 2.15. The minimum atomic E-state index is 1.01. The average molecular weight is 189 g/mol. The normalized spacial score (nSPS) is 17.2. The molecule has 1 aliphatic heterocycles. The second kappa shape index (κ2) is 3.78. The average Bonchev–Trinajstić information content (AvgIpc) is 2.20. The maximum absolute atomic E-state index is 4.36. The molecular weight excluding hydrogens is 174 g/mol. The summed E-state index contributed by atoms with van der Waals surface area (Å²) in [6.45, 7) is 8.06. The topological polar surface area (TPSA) is 29.0 Å². The van der Waals surface area contributed by atoms with Gasteiger partial charge in [-0.15, -0.1) is 0 Å². The van der Waals surface area contributed by atoms with E-state index in [1.165, 1.54) is 5.57 Å². The number of rotatable bonds is 1. The third-order valence-electron chi connectivity index (χ3n) is 2.63. The Morgan fingerprint density at radius 1 is 1.21 bits per heavy atom. The molecule has 0 bridgehead atoms. The van der Waals surface area contributed by atoms with Gasteiger partial charge < -0.3 is 4.90 Å². The molecule has 0 N–H and O–H groups in total. The Bertz CT molecular complexity index is 336. The van der Waals surface area contributed by atoms with Gasteiger partial charge in [-0.25, -0.2) is 4.98 Å². The summed E-state index contributed by atoms with van der Waals surface area (Å²) in [6.07, 6.45) is 5.65. The highest BCUT2D eigenvalue weighted by molar-refractivity contribution is 5.43. The van der Waals surface area contributed by atoms with Crippen molar-refractivity contribution in [3.05, 3.63) is 30.2 Å². The molecule has 0 radical (unpaired) electrons. The van der Waals surface area contributed by atoms with Gasteiger partial charge in [-0.05, 0) is 19.8 Å². The fourth-order valence-electron chi connectivity index (χ4n) is 1.75. The Balaban J connectivity index is 2.16. The first kappa shape index (κ1) is 9.19. The number of hydrogen-bond acceptors (Lipinski definition) is 3. The molecule has 1 saturated heterocycles. The molecule has 2 rings (SSSR count). The minimum Gasteiger partial charge on any atom is -0.354 e. The second-order valence-corrected chi connectivity index (χ2v) is 3.70. The Kier molecular flexibility index (Phi) is 2.48. The zero-order chi connectivity index (χ0) is 9.97. The summed E-state index contributed by atoms with van der Waals surface area (Å²) in [5.41, 5.74) is 2.36. The Labute approximate surface area is 84.5 Å². The van der Waals surface area contributed by atoms with E-state index in [1.807, 2.05) is 6.92 Å². The first-order valence-corrected chi connectivity index (χ1v) is 4.96. The molecule has 0 amide bonds. The molecule has 1 aliphatic rings. The molecule has 0 saturated carbocycles. The van der Waals surface area contributed by atoms with Crippen LogP contribution in [0.25, 0.3) is 0 Å². The maximum atomic E-state index is 4.36. The number of aryl methyl sites for hydroxylation is 1. The van der Waals surface area contributed by atoms with Crippen molar-refractivity contribution in [2.45, 2.75) is 19.8 Å². The van der Waals surface area contributed by atoms with Gasteiger partial charge in [0.05, 0.1) is 5.69 Å². The van der Waals surface area contributed by atoms with Gasteiger partial charge in [0.25, 0.3) is 0 Å². The third kappa shape index (κ3) is 1.76. The molecule has 0 atom stereocenters. The summed E-state index contributed by atoms with van der Waals surface area (Å²) in [7, 11) is 0. The molecule has 3 heteroatoms. The number of hydrogen-bond donors (Lipinski definition) is 0. The summed E-state index contributed by atoms with van der Waals surface area (Å²) in [6, 6.07) is 0. The minimum absolute atomic E-state index is 1.01. The van der Waals surface area contributed by atoms with Gasteiger partial charge in [0.15, 0.2) is 0 Å². The Morgan fingerprint density at radius 3 is 2.50 bits per heavy atom. The smallest absolute Gasteiger partial charge is 0.150 e. The van der Waals surface area contributed by atoms with E-state index < -0.39 is 0 Å². The fraction of sp³-hybridized carbons (Fsp3) is 0.455. The highest BCUT2D eigenvalue weighted by atomic mass is 15.2. The molecule has 2 heterocycles. The van der Waals surface area contributed by atoms with Crippen molar-refractivity contribution < 1.29 is 0 Å². The zero-order valence-corrected chi connectivity index (χ0v) is 8.53. The standard InChI is InChI=1S/C11H15N3/c1-9-3-7-14(8-4-9)11-10(2)12-5-6-13-11/h5-6H,1,3-4,7-8H2,2H3. The summed E-state index contributed by atoms with van der Waals surface area (Å²) in [4.78, 5) is 10.9. The van der Waals surface area contributed by atoms with E-state index in [0.29, 0.717) is 0 Å². The van der Waals surface area contributed by atoms with Crippen LogP contribution in [-0.4, -0.2) is 23.1 Å². The molecule has 0 spiro atoms. The van der Waals surface area contributed by atoms with Crippen LogP contribution in [0.15, 0.2) is 24.5 Å². The SMILES string of the molecule is C=C1CCN(c2nccnc2C)CC1. The number of anilines is 1. The van der Waals surface area contributed by atoms with Gasteiger partial charge in [0.2, 0.25) is 0 Å². The van der Waals surface area contributed by atoms with Crippen LogP contribution < -0.4 is 4.90 Å². The number of piperidine rings is 1. The molecule has 0 unspecified atom stereocenters. The van der Waals surface area contributed by atoms with Gasteiger partial charge in [-0.1, -0.05) is 12.2 Å². The van der Waals surface area contributed by atoms with Crippen LogP contribution in [0.3, 0.4) is 0 Å². The quantitative estimate of drug-likeness (QED) is 0.632. The molecule has 74 valence electrons. The first-order chi connectivity index (χ1) is 6.77. The van der Waals surface area contributed by atoms with Crippen LogP contribution in [0.1, 0.15) is 18.5 Å². The van der Waals surface area contributed by atoms with E-state index in [9.17, 15) is 0 Å². The molecule has 0 aliphatic carbocycles. The van der Waals surface area contributed by atoms with Crippen LogP contribution in [-0.2, 0) is 0 Å². The van der Waals surface area contributed by atoms with Gasteiger partial charge in [-0.2, -0.15) is 0 Å². The van der Waals surface area contributed by atoms with Gasteiger partial charge in [-0.3, -0.25) is 4.98 Å². The Morgan fingerprint density at radius 2 is 1.86 bits per heavy atom. The lowest BCUT2D eigenvalue weighted by Crippen LogP contribution is -2.31. The molecule has 0 aromatic carbocycles. The van der Waals surface area contributed by atoms with Crippen molar-refractivity contribution in [1.29, 1.82) is 0 Å². The highest BCUT2D eigenvalue weighted by Crippen LogP contribution is 2.21. The van der Waals surface area contributed by atoms with Crippen molar-refractivity contribution in [3.8, 4) is 0 Å². The zero-order valence-electron chi connectivity index (χ0n) is 8.53. The summed E-state index contributed by atoms with van der Waals surface area (Å²) in [5, 5.41) is 0. The van der Waals surface area contributed by atoms with E-state index >= 15 is 0 Å². The second-order valence-electron chi connectivity index (χ2n) is 3.70. The predicted octanol–water partition coefficient (Wildman–Crippen LogP) is 1.94. The largest absolute Gasteiger partial charge is 0.354 e. The van der Waals surface area contributed by atoms with Crippen LogP contribution in [0, 0.1) is 6.92 Å².